The van der Waals surface area contributed by atoms with E-state index in [9.17, 15) is 8.42 Å². The second kappa shape index (κ2) is 4.54. The maximum absolute atomic E-state index is 10.2. The minimum absolute atomic E-state index is 0. The molecule has 0 radical (unpaired) electrons. The van der Waals surface area contributed by atoms with E-state index in [4.69, 9.17) is 4.55 Å². The van der Waals surface area contributed by atoms with Gasteiger partial charge in [0, 0.05) is 0 Å². The molecule has 1 N–H and O–H groups in total. The normalized spacial score (nSPS) is 12.4. The summed E-state index contributed by atoms with van der Waals surface area (Å²) in [6, 6.07) is 0. The van der Waals surface area contributed by atoms with E-state index in [1.54, 1.807) is 20.8 Å². The molecular weight excluding hydrogens is 179 g/mol. The van der Waals surface area contributed by atoms with Gasteiger partial charge in [0.15, 0.2) is 0 Å². The van der Waals surface area contributed by atoms with E-state index in [2.05, 4.69) is 0 Å². The largest absolute Gasteiger partial charge is 1.00 e. The van der Waals surface area contributed by atoms with Crippen LogP contribution in [0.25, 0.3) is 0 Å². The van der Waals surface area contributed by atoms with Crippen LogP contribution in [-0.4, -0.2) is 18.7 Å². The molecular formula is C5H12KO3S+. The van der Waals surface area contributed by atoms with E-state index in [0.29, 0.717) is 0 Å². The molecule has 0 aliphatic carbocycles. The van der Waals surface area contributed by atoms with Crippen molar-refractivity contribution in [3.63, 3.8) is 0 Å². The van der Waals surface area contributed by atoms with E-state index >= 15 is 0 Å². The zero-order valence-electron chi connectivity index (χ0n) is 6.88. The van der Waals surface area contributed by atoms with E-state index in [1.165, 1.54) is 0 Å². The molecule has 0 saturated carbocycles. The van der Waals surface area contributed by atoms with Gasteiger partial charge >= 0.3 is 51.4 Å². The summed E-state index contributed by atoms with van der Waals surface area (Å²) in [7, 11) is -3.78. The van der Waals surface area contributed by atoms with Gasteiger partial charge in [0.1, 0.15) is 0 Å². The van der Waals surface area contributed by atoms with Crippen molar-refractivity contribution >= 4 is 10.1 Å². The van der Waals surface area contributed by atoms with Crippen LogP contribution in [-0.2, 0) is 10.1 Å². The van der Waals surface area contributed by atoms with Crippen molar-refractivity contribution in [3.05, 3.63) is 0 Å². The SMILES string of the molecule is CC(C)(C)CS(=O)(=O)O.[K+]. The third kappa shape index (κ3) is 12.2. The summed E-state index contributed by atoms with van der Waals surface area (Å²) in [5, 5.41) is 0. The summed E-state index contributed by atoms with van der Waals surface area (Å²) in [6.45, 7) is 5.25. The Hall–Kier alpha value is 1.55. The van der Waals surface area contributed by atoms with Gasteiger partial charge in [-0.2, -0.15) is 8.42 Å². The predicted molar refractivity (Wildman–Crippen MR) is 35.9 cm³/mol. The van der Waals surface area contributed by atoms with Crippen molar-refractivity contribution in [1.82, 2.24) is 0 Å². The second-order valence-corrected chi connectivity index (χ2v) is 4.74. The van der Waals surface area contributed by atoms with Gasteiger partial charge in [0.2, 0.25) is 0 Å². The molecule has 0 spiro atoms. The molecule has 0 saturated heterocycles. The molecule has 0 aromatic carbocycles. The summed E-state index contributed by atoms with van der Waals surface area (Å²) in [5.41, 5.74) is -0.354. The number of hydrogen-bond acceptors (Lipinski definition) is 2. The Morgan fingerprint density at radius 1 is 1.30 bits per heavy atom. The molecule has 0 aliphatic heterocycles. The average molecular weight is 191 g/mol. The van der Waals surface area contributed by atoms with Gasteiger partial charge in [-0.1, -0.05) is 20.8 Å². The Morgan fingerprint density at radius 3 is 1.60 bits per heavy atom. The van der Waals surface area contributed by atoms with E-state index < -0.39 is 10.1 Å². The van der Waals surface area contributed by atoms with Crippen LogP contribution >= 0.6 is 0 Å². The average Bonchev–Trinajstić information content (AvgIpc) is 1.14. The van der Waals surface area contributed by atoms with E-state index in [0.717, 1.165) is 0 Å². The molecule has 0 rings (SSSR count). The molecule has 0 atom stereocenters. The summed E-state index contributed by atoms with van der Waals surface area (Å²) < 4.78 is 28.7. The van der Waals surface area contributed by atoms with E-state index in [1.807, 2.05) is 0 Å². The monoisotopic (exact) mass is 191 g/mol. The fraction of sp³-hybridized carbons (Fsp3) is 1.00. The fourth-order valence-corrected chi connectivity index (χ4v) is 1.64. The zero-order valence-corrected chi connectivity index (χ0v) is 10.8. The predicted octanol–water partition coefficient (Wildman–Crippen LogP) is -2.08. The van der Waals surface area contributed by atoms with Crippen LogP contribution in [0.3, 0.4) is 0 Å². The maximum atomic E-state index is 10.2. The van der Waals surface area contributed by atoms with Crippen LogP contribution < -0.4 is 51.4 Å². The smallest absolute Gasteiger partial charge is 0.286 e. The van der Waals surface area contributed by atoms with Gasteiger partial charge in [-0.25, -0.2) is 0 Å². The minimum Gasteiger partial charge on any atom is -0.286 e. The first-order valence-electron chi connectivity index (χ1n) is 2.66. The van der Waals surface area contributed by atoms with Crippen LogP contribution in [0.5, 0.6) is 0 Å². The second-order valence-electron chi connectivity index (χ2n) is 3.29. The Balaban J connectivity index is 0. The quantitative estimate of drug-likeness (QED) is 0.382. The minimum atomic E-state index is -3.78. The standard InChI is InChI=1S/C5H12O3S.K/c1-5(2,3)4-9(6,7)8;/h4H2,1-3H3,(H,6,7,8);/q;+1. The van der Waals surface area contributed by atoms with Crippen LogP contribution in [0.1, 0.15) is 20.8 Å². The maximum Gasteiger partial charge on any atom is 1.00 e. The molecule has 0 heterocycles. The van der Waals surface area contributed by atoms with Gasteiger partial charge in [0.25, 0.3) is 10.1 Å². The molecule has 3 nitrogen and oxygen atoms in total. The fourth-order valence-electron chi connectivity index (χ4n) is 0.547. The molecule has 0 unspecified atom stereocenters. The first kappa shape index (κ1) is 14.1. The molecule has 0 bridgehead atoms. The van der Waals surface area contributed by atoms with Crippen molar-refractivity contribution in [2.24, 2.45) is 5.41 Å². The van der Waals surface area contributed by atoms with Crippen molar-refractivity contribution in [3.8, 4) is 0 Å². The number of hydrogen-bond donors (Lipinski definition) is 1. The summed E-state index contributed by atoms with van der Waals surface area (Å²) in [5.74, 6) is -0.181. The van der Waals surface area contributed by atoms with Gasteiger partial charge in [-0.05, 0) is 5.41 Å². The first-order chi connectivity index (χ1) is 3.71. The van der Waals surface area contributed by atoms with Gasteiger partial charge < -0.3 is 0 Å². The Labute approximate surface area is 105 Å². The van der Waals surface area contributed by atoms with Gasteiger partial charge in [-0.15, -0.1) is 0 Å². The molecule has 0 aromatic rings. The van der Waals surface area contributed by atoms with Crippen LogP contribution in [0.4, 0.5) is 0 Å². The Kier molecular flexibility index (Phi) is 6.40. The zero-order chi connectivity index (χ0) is 7.71. The summed E-state index contributed by atoms with van der Waals surface area (Å²) in [4.78, 5) is 0. The van der Waals surface area contributed by atoms with Crippen LogP contribution in [0.15, 0.2) is 0 Å². The molecule has 5 heteroatoms. The van der Waals surface area contributed by atoms with Gasteiger partial charge in [0.05, 0.1) is 5.75 Å². The molecule has 0 aromatic heterocycles. The van der Waals surface area contributed by atoms with Gasteiger partial charge in [-0.3, -0.25) is 4.55 Å². The van der Waals surface area contributed by atoms with Crippen molar-refractivity contribution < 1.29 is 64.4 Å². The first-order valence-corrected chi connectivity index (χ1v) is 4.27. The molecule has 0 amide bonds. The molecule has 0 fully saturated rings. The molecule has 10 heavy (non-hydrogen) atoms. The Bertz CT molecular complexity index is 178. The topological polar surface area (TPSA) is 54.4 Å². The van der Waals surface area contributed by atoms with Crippen LogP contribution in [0.2, 0.25) is 0 Å². The Morgan fingerprint density at radius 2 is 1.60 bits per heavy atom. The summed E-state index contributed by atoms with van der Waals surface area (Å²) >= 11 is 0. The van der Waals surface area contributed by atoms with E-state index in [-0.39, 0.29) is 62.6 Å². The molecule has 56 valence electrons. The van der Waals surface area contributed by atoms with Crippen LogP contribution in [0, 0.1) is 5.41 Å². The van der Waals surface area contributed by atoms with Crippen molar-refractivity contribution in [2.75, 3.05) is 5.75 Å². The number of rotatable bonds is 1. The third-order valence-electron chi connectivity index (χ3n) is 0.615. The van der Waals surface area contributed by atoms with Crippen molar-refractivity contribution in [1.29, 1.82) is 0 Å². The third-order valence-corrected chi connectivity index (χ3v) is 1.85. The molecule has 0 aliphatic rings. The summed E-state index contributed by atoms with van der Waals surface area (Å²) in [6.07, 6.45) is 0. The van der Waals surface area contributed by atoms with Crippen molar-refractivity contribution in [2.45, 2.75) is 20.8 Å².